The molecule has 1 N–H and O–H groups in total. The summed E-state index contributed by atoms with van der Waals surface area (Å²) < 4.78 is 5.26. The van der Waals surface area contributed by atoms with Crippen LogP contribution in [0.25, 0.3) is 0 Å². The third-order valence-corrected chi connectivity index (χ3v) is 2.87. The molecule has 0 aromatic heterocycles. The van der Waals surface area contributed by atoms with E-state index < -0.39 is 5.60 Å². The van der Waals surface area contributed by atoms with E-state index in [1.54, 1.807) is 6.07 Å². The number of benzene rings is 1. The molecule has 1 aromatic rings. The lowest BCUT2D eigenvalue weighted by atomic mass is 9.91. The van der Waals surface area contributed by atoms with Gasteiger partial charge >= 0.3 is 5.97 Å². The summed E-state index contributed by atoms with van der Waals surface area (Å²) in [6.07, 6.45) is 1.05. The average Bonchev–Trinajstić information content (AvgIpc) is 2.46. The highest BCUT2D eigenvalue weighted by Crippen LogP contribution is 2.40. The fraction of sp³-hybridized carbons (Fsp3) is 0.417. The van der Waals surface area contributed by atoms with E-state index in [0.717, 1.165) is 5.56 Å². The van der Waals surface area contributed by atoms with Gasteiger partial charge in [0.15, 0.2) is 0 Å². The van der Waals surface area contributed by atoms with Crippen LogP contribution < -0.4 is 0 Å². The first-order chi connectivity index (χ1) is 7.01. The van der Waals surface area contributed by atoms with Gasteiger partial charge < -0.3 is 9.84 Å². The van der Waals surface area contributed by atoms with Crippen LogP contribution in [-0.2, 0) is 15.1 Å². The molecule has 15 heavy (non-hydrogen) atoms. The SMILES string of the molecule is Cc1ccc([C@@]2(C)CCC(=O)O2)c(O)c1. The first kappa shape index (κ1) is 10.0. The number of aryl methyl sites for hydroxylation is 1. The van der Waals surface area contributed by atoms with Crippen molar-refractivity contribution >= 4 is 5.97 Å². The minimum Gasteiger partial charge on any atom is -0.508 e. The topological polar surface area (TPSA) is 46.5 Å². The molecule has 1 fully saturated rings. The Kier molecular flexibility index (Phi) is 2.18. The van der Waals surface area contributed by atoms with Crippen LogP contribution in [0.1, 0.15) is 30.9 Å². The molecule has 0 radical (unpaired) electrons. The number of carbonyl (C=O) groups is 1. The van der Waals surface area contributed by atoms with Crippen molar-refractivity contribution in [3.63, 3.8) is 0 Å². The Morgan fingerprint density at radius 2 is 2.20 bits per heavy atom. The maximum atomic E-state index is 11.1. The second-order valence-corrected chi connectivity index (χ2v) is 4.23. The zero-order valence-corrected chi connectivity index (χ0v) is 8.91. The molecule has 0 unspecified atom stereocenters. The van der Waals surface area contributed by atoms with Gasteiger partial charge in [0, 0.05) is 18.4 Å². The van der Waals surface area contributed by atoms with Gasteiger partial charge in [0.1, 0.15) is 11.4 Å². The summed E-state index contributed by atoms with van der Waals surface area (Å²) in [5.41, 5.74) is 1.03. The molecular formula is C12H14O3. The number of carbonyl (C=O) groups excluding carboxylic acids is 1. The van der Waals surface area contributed by atoms with Gasteiger partial charge in [0.05, 0.1) is 0 Å². The third-order valence-electron chi connectivity index (χ3n) is 2.87. The fourth-order valence-electron chi connectivity index (χ4n) is 1.97. The Bertz CT molecular complexity index is 411. The van der Waals surface area contributed by atoms with Crippen LogP contribution >= 0.6 is 0 Å². The van der Waals surface area contributed by atoms with Crippen molar-refractivity contribution in [3.8, 4) is 5.75 Å². The van der Waals surface area contributed by atoms with E-state index in [0.29, 0.717) is 18.4 Å². The summed E-state index contributed by atoms with van der Waals surface area (Å²) in [5.74, 6) is 0.00433. The minimum absolute atomic E-state index is 0.197. The highest BCUT2D eigenvalue weighted by Gasteiger charge is 2.39. The maximum absolute atomic E-state index is 11.1. The zero-order valence-electron chi connectivity index (χ0n) is 8.91. The van der Waals surface area contributed by atoms with Crippen LogP contribution in [0.5, 0.6) is 5.75 Å². The van der Waals surface area contributed by atoms with Gasteiger partial charge in [-0.3, -0.25) is 4.79 Å². The molecule has 1 saturated heterocycles. The first-order valence-corrected chi connectivity index (χ1v) is 5.03. The number of esters is 1. The molecule has 0 amide bonds. The summed E-state index contributed by atoms with van der Waals surface area (Å²) in [6.45, 7) is 3.74. The molecule has 1 aliphatic heterocycles. The van der Waals surface area contributed by atoms with Crippen LogP contribution in [-0.4, -0.2) is 11.1 Å². The molecule has 3 heteroatoms. The van der Waals surface area contributed by atoms with Crippen molar-refractivity contribution in [1.29, 1.82) is 0 Å². The Balaban J connectivity index is 2.41. The fourth-order valence-corrected chi connectivity index (χ4v) is 1.97. The summed E-state index contributed by atoms with van der Waals surface area (Å²) in [4.78, 5) is 11.1. The molecule has 0 bridgehead atoms. The molecule has 0 saturated carbocycles. The molecular weight excluding hydrogens is 192 g/mol. The molecule has 0 spiro atoms. The Hall–Kier alpha value is -1.51. The predicted molar refractivity (Wildman–Crippen MR) is 55.5 cm³/mol. The van der Waals surface area contributed by atoms with Crippen molar-refractivity contribution < 1.29 is 14.6 Å². The van der Waals surface area contributed by atoms with Crippen LogP contribution in [0.3, 0.4) is 0 Å². The largest absolute Gasteiger partial charge is 0.508 e. The van der Waals surface area contributed by atoms with Gasteiger partial charge in [0.25, 0.3) is 0 Å². The van der Waals surface area contributed by atoms with Gasteiger partial charge in [-0.1, -0.05) is 12.1 Å². The van der Waals surface area contributed by atoms with Gasteiger partial charge in [0.2, 0.25) is 0 Å². The minimum atomic E-state index is -0.658. The molecule has 2 rings (SSSR count). The summed E-state index contributed by atoms with van der Waals surface area (Å²) in [6, 6.07) is 5.42. The van der Waals surface area contributed by atoms with Gasteiger partial charge in [-0.25, -0.2) is 0 Å². The summed E-state index contributed by atoms with van der Waals surface area (Å²) in [5, 5.41) is 9.81. The van der Waals surface area contributed by atoms with Crippen LogP contribution in [0.15, 0.2) is 18.2 Å². The van der Waals surface area contributed by atoms with Gasteiger partial charge in [-0.05, 0) is 25.5 Å². The number of ether oxygens (including phenoxy) is 1. The number of rotatable bonds is 1. The van der Waals surface area contributed by atoms with Crippen molar-refractivity contribution in [2.24, 2.45) is 0 Å². The Morgan fingerprint density at radius 3 is 2.73 bits per heavy atom. The smallest absolute Gasteiger partial charge is 0.306 e. The normalized spacial score (nSPS) is 25.3. The van der Waals surface area contributed by atoms with E-state index in [4.69, 9.17) is 4.74 Å². The molecule has 0 aliphatic carbocycles. The van der Waals surface area contributed by atoms with E-state index in [9.17, 15) is 9.90 Å². The number of cyclic esters (lactones) is 1. The number of hydrogen-bond donors (Lipinski definition) is 1. The molecule has 3 nitrogen and oxygen atoms in total. The van der Waals surface area contributed by atoms with Gasteiger partial charge in [-0.2, -0.15) is 0 Å². The third kappa shape index (κ3) is 1.69. The van der Waals surface area contributed by atoms with Crippen LogP contribution in [0.2, 0.25) is 0 Å². The Labute approximate surface area is 88.7 Å². The van der Waals surface area contributed by atoms with Crippen LogP contribution in [0.4, 0.5) is 0 Å². The van der Waals surface area contributed by atoms with Crippen molar-refractivity contribution in [1.82, 2.24) is 0 Å². The molecule has 1 heterocycles. The van der Waals surface area contributed by atoms with E-state index in [-0.39, 0.29) is 11.7 Å². The van der Waals surface area contributed by atoms with Crippen molar-refractivity contribution in [3.05, 3.63) is 29.3 Å². The number of phenolic OH excluding ortho intramolecular Hbond substituents is 1. The zero-order chi connectivity index (χ0) is 11.1. The number of hydrogen-bond acceptors (Lipinski definition) is 3. The number of phenols is 1. The second kappa shape index (κ2) is 3.26. The molecule has 80 valence electrons. The lowest BCUT2D eigenvalue weighted by Crippen LogP contribution is -2.21. The van der Waals surface area contributed by atoms with E-state index >= 15 is 0 Å². The summed E-state index contributed by atoms with van der Waals surface area (Å²) in [7, 11) is 0. The van der Waals surface area contributed by atoms with Gasteiger partial charge in [-0.15, -0.1) is 0 Å². The highest BCUT2D eigenvalue weighted by atomic mass is 16.6. The van der Waals surface area contributed by atoms with E-state index in [1.807, 2.05) is 26.0 Å². The molecule has 1 aliphatic rings. The first-order valence-electron chi connectivity index (χ1n) is 5.03. The second-order valence-electron chi connectivity index (χ2n) is 4.23. The molecule has 1 aromatic carbocycles. The van der Waals surface area contributed by atoms with Crippen molar-refractivity contribution in [2.45, 2.75) is 32.3 Å². The average molecular weight is 206 g/mol. The maximum Gasteiger partial charge on any atom is 0.306 e. The molecule has 1 atom stereocenters. The predicted octanol–water partition coefficient (Wildman–Crippen LogP) is 2.25. The van der Waals surface area contributed by atoms with Crippen molar-refractivity contribution in [2.75, 3.05) is 0 Å². The monoisotopic (exact) mass is 206 g/mol. The number of aromatic hydroxyl groups is 1. The standard InChI is InChI=1S/C12H14O3/c1-8-3-4-9(10(13)7-8)12(2)6-5-11(14)15-12/h3-4,7,13H,5-6H2,1-2H3/t12-/m1/s1. The van der Waals surface area contributed by atoms with E-state index in [2.05, 4.69) is 0 Å². The quantitative estimate of drug-likeness (QED) is 0.717. The lowest BCUT2D eigenvalue weighted by Gasteiger charge is -2.24. The highest BCUT2D eigenvalue weighted by molar-refractivity contribution is 5.72. The Morgan fingerprint density at radius 1 is 1.47 bits per heavy atom. The summed E-state index contributed by atoms with van der Waals surface area (Å²) >= 11 is 0. The van der Waals surface area contributed by atoms with Crippen LogP contribution in [0, 0.1) is 6.92 Å². The lowest BCUT2D eigenvalue weighted by molar-refractivity contribution is -0.147. The van der Waals surface area contributed by atoms with E-state index in [1.165, 1.54) is 0 Å².